The van der Waals surface area contributed by atoms with Crippen molar-refractivity contribution in [3.63, 3.8) is 0 Å². The first-order chi connectivity index (χ1) is 12.2. The molecule has 0 unspecified atom stereocenters. The normalized spacial score (nSPS) is 10.0. The molecule has 0 radical (unpaired) electrons. The highest BCUT2D eigenvalue weighted by Crippen LogP contribution is 2.29. The monoisotopic (exact) mass is 344 g/mol. The molecule has 2 aromatic rings. The lowest BCUT2D eigenvalue weighted by Crippen LogP contribution is -2.31. The van der Waals surface area contributed by atoms with Gasteiger partial charge in [0.1, 0.15) is 5.75 Å². The van der Waals surface area contributed by atoms with Crippen LogP contribution in [-0.2, 0) is 11.2 Å². The summed E-state index contributed by atoms with van der Waals surface area (Å²) in [5, 5.41) is 5.96. The van der Waals surface area contributed by atoms with Crippen molar-refractivity contribution in [3.05, 3.63) is 48.0 Å². The summed E-state index contributed by atoms with van der Waals surface area (Å²) in [6, 6.07) is 13.2. The molecule has 0 heterocycles. The Hall–Kier alpha value is -2.89. The summed E-state index contributed by atoms with van der Waals surface area (Å²) in [6.45, 7) is 0.757. The van der Waals surface area contributed by atoms with E-state index in [4.69, 9.17) is 14.2 Å². The highest BCUT2D eigenvalue weighted by atomic mass is 16.5. The minimum Gasteiger partial charge on any atom is -0.497 e. The molecule has 0 saturated carbocycles. The first-order valence-corrected chi connectivity index (χ1v) is 8.01. The molecule has 0 aliphatic rings. The minimum atomic E-state index is -0.0716. The molecule has 0 spiro atoms. The van der Waals surface area contributed by atoms with E-state index >= 15 is 0 Å². The Balaban J connectivity index is 1.77. The van der Waals surface area contributed by atoms with Crippen LogP contribution in [0.2, 0.25) is 0 Å². The molecule has 2 N–H and O–H groups in total. The number of carbonyl (C=O) groups is 1. The van der Waals surface area contributed by atoms with Gasteiger partial charge < -0.3 is 24.8 Å². The van der Waals surface area contributed by atoms with Crippen molar-refractivity contribution >= 4 is 11.6 Å². The van der Waals surface area contributed by atoms with E-state index in [2.05, 4.69) is 10.6 Å². The highest BCUT2D eigenvalue weighted by molar-refractivity contribution is 5.80. The van der Waals surface area contributed by atoms with E-state index in [1.165, 1.54) is 0 Å². The van der Waals surface area contributed by atoms with Crippen molar-refractivity contribution in [3.8, 4) is 17.2 Å². The number of rotatable bonds is 9. The number of benzene rings is 2. The molecular formula is C19H24N2O4. The zero-order chi connectivity index (χ0) is 18.1. The van der Waals surface area contributed by atoms with Crippen LogP contribution in [0, 0.1) is 0 Å². The Labute approximate surface area is 148 Å². The predicted molar refractivity (Wildman–Crippen MR) is 97.7 cm³/mol. The first-order valence-electron chi connectivity index (χ1n) is 8.01. The largest absolute Gasteiger partial charge is 0.497 e. The summed E-state index contributed by atoms with van der Waals surface area (Å²) in [5.41, 5.74) is 1.91. The average molecular weight is 344 g/mol. The summed E-state index contributed by atoms with van der Waals surface area (Å²) < 4.78 is 15.6. The van der Waals surface area contributed by atoms with Crippen molar-refractivity contribution in [1.82, 2.24) is 5.32 Å². The molecule has 0 bridgehead atoms. The summed E-state index contributed by atoms with van der Waals surface area (Å²) >= 11 is 0. The third kappa shape index (κ3) is 5.60. The summed E-state index contributed by atoms with van der Waals surface area (Å²) in [4.78, 5) is 12.0. The number of ether oxygens (including phenoxy) is 3. The molecule has 134 valence electrons. The molecule has 0 aromatic heterocycles. The van der Waals surface area contributed by atoms with Crippen LogP contribution in [0.25, 0.3) is 0 Å². The minimum absolute atomic E-state index is 0.0716. The van der Waals surface area contributed by atoms with Crippen LogP contribution >= 0.6 is 0 Å². The van der Waals surface area contributed by atoms with Gasteiger partial charge in [0.25, 0.3) is 0 Å². The van der Waals surface area contributed by atoms with Gasteiger partial charge in [-0.25, -0.2) is 0 Å². The molecule has 2 rings (SSSR count). The SMILES string of the molecule is COc1cccc(CCNC(=O)CNc2ccc(OC)c(OC)c2)c1. The van der Waals surface area contributed by atoms with Crippen LogP contribution in [-0.4, -0.2) is 40.3 Å². The zero-order valence-electron chi connectivity index (χ0n) is 14.8. The highest BCUT2D eigenvalue weighted by Gasteiger charge is 2.06. The lowest BCUT2D eigenvalue weighted by molar-refractivity contribution is -0.119. The summed E-state index contributed by atoms with van der Waals surface area (Å²) in [6.07, 6.45) is 0.749. The van der Waals surface area contributed by atoms with E-state index in [1.807, 2.05) is 30.3 Å². The van der Waals surface area contributed by atoms with E-state index in [0.29, 0.717) is 18.0 Å². The van der Waals surface area contributed by atoms with E-state index in [1.54, 1.807) is 33.5 Å². The third-order valence-electron chi connectivity index (χ3n) is 3.71. The van der Waals surface area contributed by atoms with Crippen molar-refractivity contribution in [2.45, 2.75) is 6.42 Å². The van der Waals surface area contributed by atoms with E-state index in [-0.39, 0.29) is 12.5 Å². The molecule has 0 aliphatic heterocycles. The fraction of sp³-hybridized carbons (Fsp3) is 0.316. The van der Waals surface area contributed by atoms with E-state index < -0.39 is 0 Å². The molecule has 0 fully saturated rings. The van der Waals surface area contributed by atoms with Gasteiger partial charge in [-0.1, -0.05) is 12.1 Å². The second-order valence-electron chi connectivity index (χ2n) is 5.37. The molecule has 25 heavy (non-hydrogen) atoms. The Bertz CT molecular complexity index is 704. The lowest BCUT2D eigenvalue weighted by Gasteiger charge is -2.11. The fourth-order valence-electron chi connectivity index (χ4n) is 2.37. The van der Waals surface area contributed by atoms with E-state index in [0.717, 1.165) is 23.4 Å². The van der Waals surface area contributed by atoms with Crippen molar-refractivity contribution in [2.75, 3.05) is 39.7 Å². The molecular weight excluding hydrogens is 320 g/mol. The number of nitrogens with one attached hydrogen (secondary N) is 2. The molecule has 0 atom stereocenters. The number of carbonyl (C=O) groups excluding carboxylic acids is 1. The molecule has 6 heteroatoms. The second kappa shape index (κ2) is 9.42. The smallest absolute Gasteiger partial charge is 0.239 e. The molecule has 6 nitrogen and oxygen atoms in total. The summed E-state index contributed by atoms with van der Waals surface area (Å²) in [5.74, 6) is 2.01. The Kier molecular flexibility index (Phi) is 6.95. The van der Waals surface area contributed by atoms with Gasteiger partial charge in [0.05, 0.1) is 27.9 Å². The predicted octanol–water partition coefficient (Wildman–Crippen LogP) is 2.48. The van der Waals surface area contributed by atoms with Crippen molar-refractivity contribution in [1.29, 1.82) is 0 Å². The second-order valence-corrected chi connectivity index (χ2v) is 5.37. The molecule has 1 amide bonds. The van der Waals surface area contributed by atoms with Gasteiger partial charge in [0.2, 0.25) is 5.91 Å². The van der Waals surface area contributed by atoms with Crippen LogP contribution < -0.4 is 24.8 Å². The maximum Gasteiger partial charge on any atom is 0.239 e. The van der Waals surface area contributed by atoms with Gasteiger partial charge in [-0.3, -0.25) is 4.79 Å². The average Bonchev–Trinajstić information content (AvgIpc) is 2.66. The number of hydrogen-bond acceptors (Lipinski definition) is 5. The van der Waals surface area contributed by atoms with Crippen LogP contribution in [0.3, 0.4) is 0 Å². The van der Waals surface area contributed by atoms with Crippen molar-refractivity contribution < 1.29 is 19.0 Å². The third-order valence-corrected chi connectivity index (χ3v) is 3.71. The quantitative estimate of drug-likeness (QED) is 0.731. The van der Waals surface area contributed by atoms with Gasteiger partial charge in [0.15, 0.2) is 11.5 Å². The van der Waals surface area contributed by atoms with Gasteiger partial charge in [0, 0.05) is 18.3 Å². The number of anilines is 1. The summed E-state index contributed by atoms with van der Waals surface area (Å²) in [7, 11) is 4.80. The number of hydrogen-bond donors (Lipinski definition) is 2. The van der Waals surface area contributed by atoms with E-state index in [9.17, 15) is 4.79 Å². The van der Waals surface area contributed by atoms with Gasteiger partial charge >= 0.3 is 0 Å². The Morgan fingerprint density at radius 1 is 0.960 bits per heavy atom. The lowest BCUT2D eigenvalue weighted by atomic mass is 10.1. The zero-order valence-corrected chi connectivity index (χ0v) is 14.8. The Morgan fingerprint density at radius 3 is 2.48 bits per heavy atom. The van der Waals surface area contributed by atoms with Gasteiger partial charge in [-0.05, 0) is 36.2 Å². The molecule has 0 aliphatic carbocycles. The van der Waals surface area contributed by atoms with Crippen LogP contribution in [0.1, 0.15) is 5.56 Å². The first kappa shape index (κ1) is 18.4. The number of methoxy groups -OCH3 is 3. The van der Waals surface area contributed by atoms with Gasteiger partial charge in [-0.2, -0.15) is 0 Å². The van der Waals surface area contributed by atoms with Crippen LogP contribution in [0.5, 0.6) is 17.2 Å². The van der Waals surface area contributed by atoms with Crippen LogP contribution in [0.15, 0.2) is 42.5 Å². The molecule has 0 saturated heterocycles. The Morgan fingerprint density at radius 2 is 1.76 bits per heavy atom. The van der Waals surface area contributed by atoms with Gasteiger partial charge in [-0.15, -0.1) is 0 Å². The topological polar surface area (TPSA) is 68.8 Å². The number of amides is 1. The van der Waals surface area contributed by atoms with Crippen molar-refractivity contribution in [2.24, 2.45) is 0 Å². The maximum absolute atomic E-state index is 12.0. The molecule has 2 aromatic carbocycles. The van der Waals surface area contributed by atoms with Crippen LogP contribution in [0.4, 0.5) is 5.69 Å². The standard InChI is InChI=1S/C19H24N2O4/c1-23-16-6-4-5-14(11-16)9-10-20-19(22)13-21-15-7-8-17(24-2)18(12-15)25-3/h4-8,11-12,21H,9-10,13H2,1-3H3,(H,20,22). The fourth-order valence-corrected chi connectivity index (χ4v) is 2.37. The maximum atomic E-state index is 12.0.